The van der Waals surface area contributed by atoms with Crippen LogP contribution in [0.25, 0.3) is 0 Å². The van der Waals surface area contributed by atoms with Gasteiger partial charge in [-0.3, -0.25) is 4.90 Å². The molecule has 152 valence electrons. The molecule has 2 heterocycles. The highest BCUT2D eigenvalue weighted by atomic mass is 19.1. The van der Waals surface area contributed by atoms with E-state index in [2.05, 4.69) is 10.6 Å². The number of carbonyl (C=O) groups is 2. The minimum Gasteiger partial charge on any atom is -0.447 e. The third kappa shape index (κ3) is 4.42. The van der Waals surface area contributed by atoms with E-state index in [9.17, 15) is 14.0 Å². The van der Waals surface area contributed by atoms with Crippen LogP contribution in [-0.2, 0) is 4.74 Å². The summed E-state index contributed by atoms with van der Waals surface area (Å²) in [6.07, 6.45) is 1.36. The Morgan fingerprint density at radius 3 is 2.62 bits per heavy atom. The van der Waals surface area contributed by atoms with E-state index >= 15 is 0 Å². The van der Waals surface area contributed by atoms with Gasteiger partial charge in [-0.1, -0.05) is 12.1 Å². The van der Waals surface area contributed by atoms with Crippen LogP contribution in [0, 0.1) is 5.82 Å². The Balaban J connectivity index is 1.32. The molecule has 0 bridgehead atoms. The number of nitrogens with one attached hydrogen (secondary N) is 2. The minimum atomic E-state index is -0.361. The van der Waals surface area contributed by atoms with Crippen LogP contribution in [0.3, 0.4) is 0 Å². The highest BCUT2D eigenvalue weighted by molar-refractivity contribution is 5.91. The number of rotatable bonds is 4. The van der Waals surface area contributed by atoms with Crippen molar-refractivity contribution in [3.05, 3.63) is 54.3 Å². The van der Waals surface area contributed by atoms with Crippen LogP contribution in [-0.4, -0.2) is 44.4 Å². The van der Waals surface area contributed by atoms with Gasteiger partial charge in [0.25, 0.3) is 0 Å². The zero-order valence-corrected chi connectivity index (χ0v) is 15.9. The SMILES string of the molecule is O=C(Nc1ccc(N2CCOC2=O)cc1)NC1CCCN(c2ccccc2F)C1. The topological polar surface area (TPSA) is 73.9 Å². The first-order valence-electron chi connectivity index (χ1n) is 9.71. The number of benzene rings is 2. The molecule has 2 aliphatic rings. The summed E-state index contributed by atoms with van der Waals surface area (Å²) in [5.41, 5.74) is 1.92. The van der Waals surface area contributed by atoms with E-state index in [1.165, 1.54) is 6.07 Å². The molecule has 2 saturated heterocycles. The molecule has 2 fully saturated rings. The Labute approximate surface area is 168 Å². The molecule has 2 aliphatic heterocycles. The fourth-order valence-corrected chi connectivity index (χ4v) is 3.73. The molecule has 0 saturated carbocycles. The van der Waals surface area contributed by atoms with Gasteiger partial charge < -0.3 is 20.3 Å². The summed E-state index contributed by atoms with van der Waals surface area (Å²) in [4.78, 5) is 27.5. The first kappa shape index (κ1) is 19.0. The number of ether oxygens (including phenoxy) is 1. The summed E-state index contributed by atoms with van der Waals surface area (Å²) in [5, 5.41) is 5.77. The van der Waals surface area contributed by atoms with E-state index in [1.807, 2.05) is 11.0 Å². The number of hydrogen-bond acceptors (Lipinski definition) is 4. The number of nitrogens with zero attached hydrogens (tertiary/aromatic N) is 2. The van der Waals surface area contributed by atoms with Crippen molar-refractivity contribution >= 4 is 29.2 Å². The molecular weight excluding hydrogens is 375 g/mol. The predicted octanol–water partition coefficient (Wildman–Crippen LogP) is 3.57. The number of para-hydroxylation sites is 1. The fraction of sp³-hybridized carbons (Fsp3) is 0.333. The van der Waals surface area contributed by atoms with Crippen LogP contribution in [0.1, 0.15) is 12.8 Å². The predicted molar refractivity (Wildman–Crippen MR) is 109 cm³/mol. The van der Waals surface area contributed by atoms with Crippen LogP contribution in [0.15, 0.2) is 48.5 Å². The highest BCUT2D eigenvalue weighted by Gasteiger charge is 2.24. The first-order chi connectivity index (χ1) is 14.1. The van der Waals surface area contributed by atoms with Gasteiger partial charge in [-0.2, -0.15) is 0 Å². The van der Waals surface area contributed by atoms with Crippen LogP contribution in [0.5, 0.6) is 0 Å². The molecule has 8 heteroatoms. The minimum absolute atomic E-state index is 0.0676. The van der Waals surface area contributed by atoms with Crippen LogP contribution >= 0.6 is 0 Å². The molecule has 0 spiro atoms. The van der Waals surface area contributed by atoms with Gasteiger partial charge in [0.1, 0.15) is 12.4 Å². The average molecular weight is 398 g/mol. The van der Waals surface area contributed by atoms with E-state index in [1.54, 1.807) is 41.3 Å². The maximum Gasteiger partial charge on any atom is 0.414 e. The normalized spacial score (nSPS) is 19.1. The number of piperidine rings is 1. The smallest absolute Gasteiger partial charge is 0.414 e. The molecule has 29 heavy (non-hydrogen) atoms. The van der Waals surface area contributed by atoms with Crippen molar-refractivity contribution in [1.82, 2.24) is 5.32 Å². The molecule has 0 aliphatic carbocycles. The van der Waals surface area contributed by atoms with E-state index < -0.39 is 0 Å². The average Bonchev–Trinajstić information content (AvgIpc) is 3.15. The number of anilines is 3. The lowest BCUT2D eigenvalue weighted by molar-refractivity contribution is 0.181. The Kier molecular flexibility index (Phi) is 5.50. The lowest BCUT2D eigenvalue weighted by Gasteiger charge is -2.34. The molecule has 4 rings (SSSR count). The lowest BCUT2D eigenvalue weighted by atomic mass is 10.0. The van der Waals surface area contributed by atoms with Crippen molar-refractivity contribution in [2.24, 2.45) is 0 Å². The van der Waals surface area contributed by atoms with E-state index in [0.29, 0.717) is 31.1 Å². The van der Waals surface area contributed by atoms with Gasteiger partial charge in [-0.15, -0.1) is 0 Å². The number of halogens is 1. The monoisotopic (exact) mass is 398 g/mol. The first-order valence-corrected chi connectivity index (χ1v) is 9.71. The fourth-order valence-electron chi connectivity index (χ4n) is 3.73. The summed E-state index contributed by atoms with van der Waals surface area (Å²) < 4.78 is 19.0. The number of carbonyl (C=O) groups excluding carboxylic acids is 2. The quantitative estimate of drug-likeness (QED) is 0.826. The molecule has 2 aromatic carbocycles. The molecule has 0 aromatic heterocycles. The largest absolute Gasteiger partial charge is 0.447 e. The Bertz CT molecular complexity index is 890. The summed E-state index contributed by atoms with van der Waals surface area (Å²) in [5.74, 6) is -0.250. The van der Waals surface area contributed by atoms with Gasteiger partial charge in [0, 0.05) is 30.5 Å². The third-order valence-corrected chi connectivity index (χ3v) is 5.15. The van der Waals surface area contributed by atoms with Gasteiger partial charge >= 0.3 is 12.1 Å². The van der Waals surface area contributed by atoms with Gasteiger partial charge in [0.2, 0.25) is 0 Å². The molecule has 2 aromatic rings. The number of amides is 3. The second kappa shape index (κ2) is 8.38. The highest BCUT2D eigenvalue weighted by Crippen LogP contribution is 2.23. The molecule has 1 atom stereocenters. The standard InChI is InChI=1S/C21H23FN4O3/c22-18-5-1-2-6-19(18)25-11-3-4-16(14-25)24-20(27)23-15-7-9-17(10-8-15)26-12-13-29-21(26)28/h1-2,5-10,16H,3-4,11-14H2,(H2,23,24,27). The molecule has 3 amide bonds. The number of urea groups is 1. The van der Waals surface area contributed by atoms with E-state index in [-0.39, 0.29) is 24.0 Å². The Hall–Kier alpha value is -3.29. The zero-order valence-electron chi connectivity index (χ0n) is 15.9. The molecular formula is C21H23FN4O3. The molecule has 0 radical (unpaired) electrons. The van der Waals surface area contributed by atoms with Crippen molar-refractivity contribution in [3.8, 4) is 0 Å². The summed E-state index contributed by atoms with van der Waals surface area (Å²) in [6.45, 7) is 2.23. The van der Waals surface area contributed by atoms with Gasteiger partial charge in [-0.05, 0) is 49.2 Å². The molecule has 2 N–H and O–H groups in total. The van der Waals surface area contributed by atoms with Crippen LogP contribution in [0.2, 0.25) is 0 Å². The van der Waals surface area contributed by atoms with Gasteiger partial charge in [-0.25, -0.2) is 14.0 Å². The van der Waals surface area contributed by atoms with Crippen LogP contribution < -0.4 is 20.4 Å². The maximum absolute atomic E-state index is 14.0. The molecule has 7 nitrogen and oxygen atoms in total. The second-order valence-electron chi connectivity index (χ2n) is 7.15. The van der Waals surface area contributed by atoms with Crippen molar-refractivity contribution in [2.75, 3.05) is 41.4 Å². The van der Waals surface area contributed by atoms with Crippen molar-refractivity contribution in [3.63, 3.8) is 0 Å². The molecule has 1 unspecified atom stereocenters. The third-order valence-electron chi connectivity index (χ3n) is 5.15. The number of cyclic esters (lactones) is 1. The summed E-state index contributed by atoms with van der Waals surface area (Å²) >= 11 is 0. The Morgan fingerprint density at radius 2 is 1.90 bits per heavy atom. The maximum atomic E-state index is 14.0. The van der Waals surface area contributed by atoms with Gasteiger partial charge in [0.15, 0.2) is 0 Å². The summed E-state index contributed by atoms with van der Waals surface area (Å²) in [7, 11) is 0. The summed E-state index contributed by atoms with van der Waals surface area (Å²) in [6, 6.07) is 13.3. The van der Waals surface area contributed by atoms with Crippen molar-refractivity contribution < 1.29 is 18.7 Å². The van der Waals surface area contributed by atoms with Crippen molar-refractivity contribution in [2.45, 2.75) is 18.9 Å². The van der Waals surface area contributed by atoms with E-state index in [0.717, 1.165) is 25.1 Å². The van der Waals surface area contributed by atoms with Gasteiger partial charge in [0.05, 0.1) is 12.2 Å². The zero-order chi connectivity index (χ0) is 20.2. The number of hydrogen-bond donors (Lipinski definition) is 2. The van der Waals surface area contributed by atoms with Crippen molar-refractivity contribution in [1.29, 1.82) is 0 Å². The Morgan fingerprint density at radius 1 is 1.10 bits per heavy atom. The van der Waals surface area contributed by atoms with E-state index in [4.69, 9.17) is 4.74 Å². The lowest BCUT2D eigenvalue weighted by Crippen LogP contribution is -2.49. The second-order valence-corrected chi connectivity index (χ2v) is 7.15. The van der Waals surface area contributed by atoms with Crippen LogP contribution in [0.4, 0.5) is 31.0 Å².